The Balaban J connectivity index is 1.96. The molecule has 0 aromatic heterocycles. The van der Waals surface area contributed by atoms with Gasteiger partial charge in [0.05, 0.1) is 5.41 Å². The second-order valence-corrected chi connectivity index (χ2v) is 6.04. The number of nitrogens with zero attached hydrogens (tertiary/aromatic N) is 1. The maximum atomic E-state index is 11.5. The van der Waals surface area contributed by atoms with E-state index in [2.05, 4.69) is 11.8 Å². The molecule has 98 valence electrons. The molecule has 1 saturated heterocycles. The van der Waals surface area contributed by atoms with Crippen LogP contribution in [0, 0.1) is 11.3 Å². The summed E-state index contributed by atoms with van der Waals surface area (Å²) in [6.07, 6.45) is 6.68. The summed E-state index contributed by atoms with van der Waals surface area (Å²) in [6.45, 7) is 6.13. The van der Waals surface area contributed by atoms with Gasteiger partial charge in [0.1, 0.15) is 0 Å². The number of rotatable bonds is 5. The van der Waals surface area contributed by atoms with Crippen molar-refractivity contribution in [3.05, 3.63) is 0 Å². The lowest BCUT2D eigenvalue weighted by Crippen LogP contribution is -2.50. The molecule has 1 heterocycles. The second kappa shape index (κ2) is 4.97. The number of hydrogen-bond donors (Lipinski definition) is 1. The molecule has 1 N–H and O–H groups in total. The summed E-state index contributed by atoms with van der Waals surface area (Å²) in [7, 11) is 0. The van der Waals surface area contributed by atoms with Gasteiger partial charge in [-0.3, -0.25) is 9.69 Å². The first-order chi connectivity index (χ1) is 8.07. The van der Waals surface area contributed by atoms with Crippen LogP contribution in [0.3, 0.4) is 0 Å². The fraction of sp³-hybridized carbons (Fsp3) is 0.929. The maximum absolute atomic E-state index is 11.5. The van der Waals surface area contributed by atoms with Crippen molar-refractivity contribution < 1.29 is 9.90 Å². The van der Waals surface area contributed by atoms with E-state index in [0.29, 0.717) is 6.04 Å². The number of piperidine rings is 1. The molecule has 2 unspecified atom stereocenters. The summed E-state index contributed by atoms with van der Waals surface area (Å²) < 4.78 is 0. The van der Waals surface area contributed by atoms with Crippen molar-refractivity contribution in [2.45, 2.75) is 58.4 Å². The zero-order chi connectivity index (χ0) is 12.5. The van der Waals surface area contributed by atoms with Crippen molar-refractivity contribution >= 4 is 5.97 Å². The minimum absolute atomic E-state index is 0.476. The molecule has 1 aliphatic carbocycles. The second-order valence-electron chi connectivity index (χ2n) is 6.04. The Bertz CT molecular complexity index is 288. The highest BCUT2D eigenvalue weighted by molar-refractivity contribution is 5.75. The molecule has 0 bridgehead atoms. The van der Waals surface area contributed by atoms with Crippen LogP contribution in [0.5, 0.6) is 0 Å². The van der Waals surface area contributed by atoms with Gasteiger partial charge >= 0.3 is 5.97 Å². The van der Waals surface area contributed by atoms with Gasteiger partial charge in [-0.05, 0) is 45.1 Å². The summed E-state index contributed by atoms with van der Waals surface area (Å²) in [4.78, 5) is 13.9. The summed E-state index contributed by atoms with van der Waals surface area (Å²) in [5.41, 5.74) is -0.476. The first kappa shape index (κ1) is 12.9. The molecule has 1 saturated carbocycles. The van der Waals surface area contributed by atoms with E-state index in [4.69, 9.17) is 0 Å². The number of carbonyl (C=O) groups is 1. The SMILES string of the molecule is CCC1(C(=O)O)CCCN(C(C)CC2CC2)C1. The van der Waals surface area contributed by atoms with Crippen molar-refractivity contribution in [1.82, 2.24) is 4.90 Å². The van der Waals surface area contributed by atoms with Crippen molar-refractivity contribution in [1.29, 1.82) is 0 Å². The van der Waals surface area contributed by atoms with Crippen LogP contribution in [-0.2, 0) is 4.79 Å². The quantitative estimate of drug-likeness (QED) is 0.802. The van der Waals surface area contributed by atoms with E-state index in [1.165, 1.54) is 19.3 Å². The monoisotopic (exact) mass is 239 g/mol. The third-order valence-electron chi connectivity index (χ3n) is 4.73. The lowest BCUT2D eigenvalue weighted by molar-refractivity contribution is -0.153. The fourth-order valence-electron chi connectivity index (χ4n) is 3.14. The highest BCUT2D eigenvalue weighted by atomic mass is 16.4. The molecule has 2 aliphatic rings. The van der Waals surface area contributed by atoms with Gasteiger partial charge in [0.2, 0.25) is 0 Å². The predicted molar refractivity (Wildman–Crippen MR) is 68.0 cm³/mol. The standard InChI is InChI=1S/C14H25NO2/c1-3-14(13(16)17)7-4-8-15(10-14)11(2)9-12-5-6-12/h11-12H,3-10H2,1-2H3,(H,16,17). The Morgan fingerprint density at radius 1 is 1.53 bits per heavy atom. The number of carboxylic acid groups (broad SMARTS) is 1. The summed E-state index contributed by atoms with van der Waals surface area (Å²) in [6, 6.07) is 0.563. The average Bonchev–Trinajstić information content (AvgIpc) is 3.12. The molecule has 17 heavy (non-hydrogen) atoms. The Morgan fingerprint density at radius 2 is 2.24 bits per heavy atom. The van der Waals surface area contributed by atoms with E-state index in [-0.39, 0.29) is 0 Å². The molecule has 2 rings (SSSR count). The molecule has 0 amide bonds. The number of carboxylic acids is 1. The molecule has 0 spiro atoms. The van der Waals surface area contributed by atoms with E-state index >= 15 is 0 Å². The normalized spacial score (nSPS) is 32.4. The minimum atomic E-state index is -0.594. The summed E-state index contributed by atoms with van der Waals surface area (Å²) in [5.74, 6) is 0.330. The molecule has 2 fully saturated rings. The summed E-state index contributed by atoms with van der Waals surface area (Å²) in [5, 5.41) is 9.46. The van der Waals surface area contributed by atoms with E-state index in [0.717, 1.165) is 38.3 Å². The third-order valence-corrected chi connectivity index (χ3v) is 4.73. The molecule has 3 nitrogen and oxygen atoms in total. The van der Waals surface area contributed by atoms with Gasteiger partial charge in [0, 0.05) is 12.6 Å². The Morgan fingerprint density at radius 3 is 2.76 bits per heavy atom. The van der Waals surface area contributed by atoms with Gasteiger partial charge in [-0.1, -0.05) is 19.8 Å². The Kier molecular flexibility index (Phi) is 3.76. The Labute approximate surface area is 104 Å². The largest absolute Gasteiger partial charge is 0.481 e. The number of likely N-dealkylation sites (tertiary alicyclic amines) is 1. The molecule has 2 atom stereocenters. The third kappa shape index (κ3) is 2.82. The smallest absolute Gasteiger partial charge is 0.310 e. The lowest BCUT2D eigenvalue weighted by Gasteiger charge is -2.42. The molecule has 0 radical (unpaired) electrons. The molecule has 3 heteroatoms. The highest BCUT2D eigenvalue weighted by Gasteiger charge is 2.42. The Hall–Kier alpha value is -0.570. The average molecular weight is 239 g/mol. The van der Waals surface area contributed by atoms with Crippen molar-refractivity contribution in [3.63, 3.8) is 0 Å². The van der Waals surface area contributed by atoms with Gasteiger partial charge in [0.25, 0.3) is 0 Å². The van der Waals surface area contributed by atoms with Crippen LogP contribution in [0.15, 0.2) is 0 Å². The zero-order valence-corrected chi connectivity index (χ0v) is 11.1. The van der Waals surface area contributed by atoms with Crippen LogP contribution in [0.25, 0.3) is 0 Å². The van der Waals surface area contributed by atoms with E-state index in [1.54, 1.807) is 0 Å². The van der Waals surface area contributed by atoms with Crippen LogP contribution in [0.2, 0.25) is 0 Å². The molecular formula is C14H25NO2. The van der Waals surface area contributed by atoms with Gasteiger partial charge < -0.3 is 5.11 Å². The molecule has 0 aromatic rings. The van der Waals surface area contributed by atoms with E-state index in [1.807, 2.05) is 6.92 Å². The zero-order valence-electron chi connectivity index (χ0n) is 11.1. The molecule has 1 aliphatic heterocycles. The molecular weight excluding hydrogens is 214 g/mol. The molecule has 0 aromatic carbocycles. The first-order valence-corrected chi connectivity index (χ1v) is 7.05. The van der Waals surface area contributed by atoms with Gasteiger partial charge in [-0.2, -0.15) is 0 Å². The number of aliphatic carboxylic acids is 1. The van der Waals surface area contributed by atoms with Crippen LogP contribution < -0.4 is 0 Å². The van der Waals surface area contributed by atoms with Crippen molar-refractivity contribution in [2.24, 2.45) is 11.3 Å². The van der Waals surface area contributed by atoms with Crippen LogP contribution in [0.4, 0.5) is 0 Å². The van der Waals surface area contributed by atoms with Crippen LogP contribution >= 0.6 is 0 Å². The van der Waals surface area contributed by atoms with Crippen molar-refractivity contribution in [3.8, 4) is 0 Å². The van der Waals surface area contributed by atoms with Crippen LogP contribution in [-0.4, -0.2) is 35.1 Å². The lowest BCUT2D eigenvalue weighted by atomic mass is 9.77. The fourth-order valence-corrected chi connectivity index (χ4v) is 3.14. The highest BCUT2D eigenvalue weighted by Crippen LogP contribution is 2.38. The first-order valence-electron chi connectivity index (χ1n) is 7.05. The van der Waals surface area contributed by atoms with Crippen LogP contribution in [0.1, 0.15) is 52.4 Å². The maximum Gasteiger partial charge on any atom is 0.310 e. The predicted octanol–water partition coefficient (Wildman–Crippen LogP) is 2.75. The van der Waals surface area contributed by atoms with Gasteiger partial charge in [-0.25, -0.2) is 0 Å². The van der Waals surface area contributed by atoms with Gasteiger partial charge in [0.15, 0.2) is 0 Å². The topological polar surface area (TPSA) is 40.5 Å². The summed E-state index contributed by atoms with van der Waals surface area (Å²) >= 11 is 0. The van der Waals surface area contributed by atoms with E-state index in [9.17, 15) is 9.90 Å². The van der Waals surface area contributed by atoms with Gasteiger partial charge in [-0.15, -0.1) is 0 Å². The van der Waals surface area contributed by atoms with E-state index < -0.39 is 11.4 Å². The van der Waals surface area contributed by atoms with Crippen molar-refractivity contribution in [2.75, 3.05) is 13.1 Å². The minimum Gasteiger partial charge on any atom is -0.481 e. The number of hydrogen-bond acceptors (Lipinski definition) is 2.